The third-order valence-electron chi connectivity index (χ3n) is 4.95. The molecular weight excluding hydrogens is 340 g/mol. The highest BCUT2D eigenvalue weighted by Crippen LogP contribution is 2.32. The van der Waals surface area contributed by atoms with Crippen molar-refractivity contribution in [1.29, 1.82) is 0 Å². The van der Waals surface area contributed by atoms with Gasteiger partial charge >= 0.3 is 0 Å². The van der Waals surface area contributed by atoms with Crippen molar-refractivity contribution in [2.75, 3.05) is 26.7 Å². The minimum atomic E-state index is -0.551. The van der Waals surface area contributed by atoms with Gasteiger partial charge in [0.05, 0.1) is 12.0 Å². The maximum absolute atomic E-state index is 12.2. The number of amides is 1. The van der Waals surface area contributed by atoms with E-state index in [1.807, 2.05) is 7.05 Å². The third kappa shape index (κ3) is 5.77. The molecule has 0 radical (unpaired) electrons. The summed E-state index contributed by atoms with van der Waals surface area (Å²) in [5.74, 6) is 1.36. The molecule has 2 fully saturated rings. The van der Waals surface area contributed by atoms with E-state index in [-0.39, 0.29) is 18.3 Å². The van der Waals surface area contributed by atoms with E-state index in [9.17, 15) is 9.90 Å². The van der Waals surface area contributed by atoms with Crippen molar-refractivity contribution in [3.8, 4) is 0 Å². The van der Waals surface area contributed by atoms with Crippen molar-refractivity contribution in [1.82, 2.24) is 20.4 Å². The maximum Gasteiger partial charge on any atom is 0.290 e. The first kappa shape index (κ1) is 20.3. The lowest BCUT2D eigenvalue weighted by Gasteiger charge is -2.32. The average Bonchev–Trinajstić information content (AvgIpc) is 3.29. The monoisotopic (exact) mass is 368 g/mol. The van der Waals surface area contributed by atoms with E-state index < -0.39 is 6.10 Å². The first-order chi connectivity index (χ1) is 12.5. The Morgan fingerprint density at radius 2 is 2.08 bits per heavy atom. The third-order valence-corrected chi connectivity index (χ3v) is 4.95. The van der Waals surface area contributed by atoms with Crippen LogP contribution in [0, 0.1) is 5.92 Å². The molecule has 0 unspecified atom stereocenters. The highest BCUT2D eigenvalue weighted by molar-refractivity contribution is 5.79. The molecule has 1 aromatic rings. The molecule has 3 rings (SSSR count). The Labute approximate surface area is 152 Å². The molecule has 0 aromatic carbocycles. The number of carbonyl (C=O) groups is 2. The Morgan fingerprint density at radius 3 is 2.77 bits per heavy atom. The summed E-state index contributed by atoms with van der Waals surface area (Å²) in [7, 11) is 1.97. The van der Waals surface area contributed by atoms with Gasteiger partial charge in [0.15, 0.2) is 5.82 Å². The van der Waals surface area contributed by atoms with E-state index >= 15 is 0 Å². The molecule has 1 saturated carbocycles. The minimum Gasteiger partial charge on any atom is -0.483 e. The van der Waals surface area contributed by atoms with E-state index in [1.54, 1.807) is 0 Å². The van der Waals surface area contributed by atoms with Crippen LogP contribution >= 0.6 is 0 Å². The van der Waals surface area contributed by atoms with Crippen LogP contribution in [0.3, 0.4) is 0 Å². The van der Waals surface area contributed by atoms with Gasteiger partial charge in [-0.15, -0.1) is 0 Å². The lowest BCUT2D eigenvalue weighted by atomic mass is 9.94. The van der Waals surface area contributed by atoms with Crippen LogP contribution in [0.1, 0.15) is 49.7 Å². The summed E-state index contributed by atoms with van der Waals surface area (Å²) in [4.78, 5) is 27.1. The van der Waals surface area contributed by atoms with Crippen LogP contribution in [-0.2, 0) is 16.0 Å². The standard InChI is InChI=1S/C16H26N4O3.CH2O2/c1-20-9-7-13(21)12(10-20)15(22)17-8-6-14-18-16(23-19-14)11-4-2-3-5-11;2-1-3/h11-13,21H,2-10H2,1H3,(H,17,22);1H,(H,2,3)/t12-,13-;/m1./s1. The smallest absolute Gasteiger partial charge is 0.290 e. The van der Waals surface area contributed by atoms with Gasteiger partial charge in [-0.3, -0.25) is 9.59 Å². The van der Waals surface area contributed by atoms with Gasteiger partial charge in [-0.2, -0.15) is 4.98 Å². The highest BCUT2D eigenvalue weighted by atomic mass is 16.5. The Bertz CT molecular complexity index is 573. The van der Waals surface area contributed by atoms with Crippen LogP contribution in [0.25, 0.3) is 0 Å². The van der Waals surface area contributed by atoms with Crippen LogP contribution in [0.2, 0.25) is 0 Å². The summed E-state index contributed by atoms with van der Waals surface area (Å²) < 4.78 is 5.33. The van der Waals surface area contributed by atoms with E-state index in [0.717, 1.165) is 25.3 Å². The Balaban J connectivity index is 0.000000758. The van der Waals surface area contributed by atoms with Crippen LogP contribution in [0.4, 0.5) is 0 Å². The van der Waals surface area contributed by atoms with Gasteiger partial charge in [-0.25, -0.2) is 0 Å². The van der Waals surface area contributed by atoms with Crippen molar-refractivity contribution < 1.29 is 24.3 Å². The van der Waals surface area contributed by atoms with Crippen molar-refractivity contribution in [3.63, 3.8) is 0 Å². The second-order valence-corrected chi connectivity index (χ2v) is 6.90. The van der Waals surface area contributed by atoms with Crippen LogP contribution < -0.4 is 5.32 Å². The van der Waals surface area contributed by atoms with E-state index in [4.69, 9.17) is 14.4 Å². The number of nitrogens with one attached hydrogen (secondary N) is 1. The molecule has 2 aliphatic rings. The lowest BCUT2D eigenvalue weighted by molar-refractivity contribution is -0.131. The molecule has 1 aliphatic heterocycles. The van der Waals surface area contributed by atoms with Gasteiger partial charge in [0, 0.05) is 32.0 Å². The number of piperidine rings is 1. The number of hydrogen-bond donors (Lipinski definition) is 3. The zero-order valence-corrected chi connectivity index (χ0v) is 15.1. The number of likely N-dealkylation sites (tertiary alicyclic amines) is 1. The first-order valence-electron chi connectivity index (χ1n) is 9.09. The predicted molar refractivity (Wildman–Crippen MR) is 92.5 cm³/mol. The molecule has 146 valence electrons. The molecule has 3 N–H and O–H groups in total. The van der Waals surface area contributed by atoms with E-state index in [0.29, 0.717) is 37.7 Å². The summed E-state index contributed by atoms with van der Waals surface area (Å²) in [5.41, 5.74) is 0. The van der Waals surface area contributed by atoms with Gasteiger partial charge in [0.1, 0.15) is 0 Å². The van der Waals surface area contributed by atoms with Crippen LogP contribution in [0.15, 0.2) is 4.52 Å². The number of carbonyl (C=O) groups excluding carboxylic acids is 1. The maximum atomic E-state index is 12.2. The van der Waals surface area contributed by atoms with Gasteiger partial charge < -0.3 is 25.0 Å². The quantitative estimate of drug-likeness (QED) is 0.637. The number of aromatic nitrogens is 2. The van der Waals surface area contributed by atoms with Crippen molar-refractivity contribution in [2.45, 2.75) is 50.5 Å². The molecule has 1 saturated heterocycles. The normalized spacial score (nSPS) is 23.9. The van der Waals surface area contributed by atoms with Gasteiger partial charge in [0.25, 0.3) is 6.47 Å². The van der Waals surface area contributed by atoms with E-state index in [2.05, 4.69) is 20.4 Å². The number of hydrogen-bond acceptors (Lipinski definition) is 7. The predicted octanol–water partition coefficient (Wildman–Crippen LogP) is 0.399. The van der Waals surface area contributed by atoms with Crippen LogP contribution in [0.5, 0.6) is 0 Å². The second kappa shape index (κ2) is 10.2. The molecule has 1 aliphatic carbocycles. The molecule has 9 nitrogen and oxygen atoms in total. The molecular formula is C17H28N4O5. The van der Waals surface area contributed by atoms with Crippen LogP contribution in [-0.4, -0.2) is 70.4 Å². The minimum absolute atomic E-state index is 0.0939. The molecule has 0 bridgehead atoms. The highest BCUT2D eigenvalue weighted by Gasteiger charge is 2.31. The molecule has 26 heavy (non-hydrogen) atoms. The fourth-order valence-electron chi connectivity index (χ4n) is 3.50. The summed E-state index contributed by atoms with van der Waals surface area (Å²) in [5, 5.41) is 23.7. The SMILES string of the molecule is CN1CC[C@@H](O)[C@H](C(=O)NCCc2noc(C3CCCC3)n2)C1.O=CO. The molecule has 1 aromatic heterocycles. The average molecular weight is 368 g/mol. The molecule has 2 heterocycles. The number of rotatable bonds is 5. The first-order valence-corrected chi connectivity index (χ1v) is 9.09. The number of aliphatic hydroxyl groups is 1. The molecule has 9 heteroatoms. The zero-order chi connectivity index (χ0) is 18.9. The Hall–Kier alpha value is -2.00. The summed E-state index contributed by atoms with van der Waals surface area (Å²) >= 11 is 0. The number of aliphatic hydroxyl groups excluding tert-OH is 1. The Morgan fingerprint density at radius 1 is 1.38 bits per heavy atom. The number of nitrogens with zero attached hydrogens (tertiary/aromatic N) is 3. The summed E-state index contributed by atoms with van der Waals surface area (Å²) in [6, 6.07) is 0. The summed E-state index contributed by atoms with van der Waals surface area (Å²) in [6.45, 7) is 1.65. The molecule has 1 amide bonds. The summed E-state index contributed by atoms with van der Waals surface area (Å²) in [6.07, 6.45) is 5.37. The van der Waals surface area contributed by atoms with Crippen molar-refractivity contribution in [3.05, 3.63) is 11.7 Å². The zero-order valence-electron chi connectivity index (χ0n) is 15.1. The lowest BCUT2D eigenvalue weighted by Crippen LogP contribution is -2.49. The van der Waals surface area contributed by atoms with Crippen molar-refractivity contribution in [2.24, 2.45) is 5.92 Å². The van der Waals surface area contributed by atoms with Gasteiger partial charge in [0.2, 0.25) is 11.8 Å². The number of carboxylic acid groups (broad SMARTS) is 1. The largest absolute Gasteiger partial charge is 0.483 e. The topological polar surface area (TPSA) is 129 Å². The fraction of sp³-hybridized carbons (Fsp3) is 0.765. The van der Waals surface area contributed by atoms with Gasteiger partial charge in [-0.05, 0) is 26.3 Å². The Kier molecular flexibility index (Phi) is 7.99. The molecule has 2 atom stereocenters. The molecule has 0 spiro atoms. The van der Waals surface area contributed by atoms with E-state index in [1.165, 1.54) is 12.8 Å². The van der Waals surface area contributed by atoms with Crippen molar-refractivity contribution >= 4 is 12.4 Å². The second-order valence-electron chi connectivity index (χ2n) is 6.90. The van der Waals surface area contributed by atoms with Gasteiger partial charge in [-0.1, -0.05) is 18.0 Å². The fourth-order valence-corrected chi connectivity index (χ4v) is 3.50.